The van der Waals surface area contributed by atoms with Gasteiger partial charge in [-0.1, -0.05) is 0 Å². The number of rotatable bonds is 7. The summed E-state index contributed by atoms with van der Waals surface area (Å²) in [6, 6.07) is 8.54. The number of aromatic nitrogens is 4. The molecule has 0 spiro atoms. The van der Waals surface area contributed by atoms with Crippen molar-refractivity contribution in [2.45, 2.75) is 20.1 Å². The molecule has 33 heavy (non-hydrogen) atoms. The number of piperazine rings is 1. The fourth-order valence-electron chi connectivity index (χ4n) is 3.83. The Morgan fingerprint density at radius 2 is 1.88 bits per heavy atom. The van der Waals surface area contributed by atoms with Crippen molar-refractivity contribution < 1.29 is 18.7 Å². The first-order valence-corrected chi connectivity index (χ1v) is 10.7. The van der Waals surface area contributed by atoms with Gasteiger partial charge in [-0.05, 0) is 36.8 Å². The fourth-order valence-corrected chi connectivity index (χ4v) is 3.83. The maximum atomic E-state index is 13.7. The van der Waals surface area contributed by atoms with E-state index in [1.165, 1.54) is 12.4 Å². The average Bonchev–Trinajstić information content (AvgIpc) is 3.23. The van der Waals surface area contributed by atoms with E-state index in [4.69, 9.17) is 9.47 Å². The number of amides is 1. The molecule has 1 aliphatic rings. The van der Waals surface area contributed by atoms with Crippen molar-refractivity contribution in [2.75, 3.05) is 45.3 Å². The molecule has 1 fully saturated rings. The molecule has 0 atom stereocenters. The zero-order valence-corrected chi connectivity index (χ0v) is 19.0. The Bertz CT molecular complexity index is 1130. The van der Waals surface area contributed by atoms with Gasteiger partial charge in [0.1, 0.15) is 24.5 Å². The molecule has 0 N–H and O–H groups in total. The second kappa shape index (κ2) is 9.95. The summed E-state index contributed by atoms with van der Waals surface area (Å²) in [5.41, 5.74) is 2.81. The van der Waals surface area contributed by atoms with E-state index < -0.39 is 0 Å². The summed E-state index contributed by atoms with van der Waals surface area (Å²) in [7, 11) is 3.17. The molecule has 1 aromatic carbocycles. The first-order chi connectivity index (χ1) is 16.0. The first kappa shape index (κ1) is 22.7. The van der Waals surface area contributed by atoms with Gasteiger partial charge in [0.25, 0.3) is 0 Å². The summed E-state index contributed by atoms with van der Waals surface area (Å²) in [5.74, 6) is 1.01. The number of methoxy groups -OCH3 is 2. The predicted molar refractivity (Wildman–Crippen MR) is 120 cm³/mol. The van der Waals surface area contributed by atoms with Gasteiger partial charge in [-0.3, -0.25) is 9.48 Å². The Balaban J connectivity index is 1.43. The van der Waals surface area contributed by atoms with E-state index in [1.807, 2.05) is 11.0 Å². The number of nitrogens with zero attached hydrogens (tertiary/aromatic N) is 6. The van der Waals surface area contributed by atoms with Gasteiger partial charge in [-0.15, -0.1) is 0 Å². The summed E-state index contributed by atoms with van der Waals surface area (Å²) in [4.78, 5) is 25.3. The van der Waals surface area contributed by atoms with Crippen LogP contribution in [0.4, 0.5) is 10.2 Å². The predicted octanol–water partition coefficient (Wildman–Crippen LogP) is 2.29. The van der Waals surface area contributed by atoms with Crippen LogP contribution >= 0.6 is 0 Å². The van der Waals surface area contributed by atoms with Gasteiger partial charge in [-0.25, -0.2) is 14.4 Å². The normalized spacial score (nSPS) is 13.9. The molecule has 0 saturated carbocycles. The van der Waals surface area contributed by atoms with Crippen LogP contribution in [0.3, 0.4) is 0 Å². The van der Waals surface area contributed by atoms with Crippen molar-refractivity contribution in [2.24, 2.45) is 0 Å². The van der Waals surface area contributed by atoms with Gasteiger partial charge < -0.3 is 19.3 Å². The van der Waals surface area contributed by atoms with E-state index in [1.54, 1.807) is 44.0 Å². The third-order valence-corrected chi connectivity index (χ3v) is 5.69. The topological polar surface area (TPSA) is 85.6 Å². The highest BCUT2D eigenvalue weighted by atomic mass is 19.1. The van der Waals surface area contributed by atoms with Gasteiger partial charge in [0.2, 0.25) is 11.8 Å². The lowest BCUT2D eigenvalue weighted by Gasteiger charge is -2.35. The number of benzene rings is 1. The Labute approximate surface area is 191 Å². The summed E-state index contributed by atoms with van der Waals surface area (Å²) in [6.07, 6.45) is 1.47. The zero-order chi connectivity index (χ0) is 23.4. The average molecular weight is 455 g/mol. The molecule has 174 valence electrons. The third-order valence-electron chi connectivity index (χ3n) is 5.69. The van der Waals surface area contributed by atoms with Crippen LogP contribution in [0.1, 0.15) is 11.3 Å². The smallest absolute Gasteiger partial charge is 0.244 e. The van der Waals surface area contributed by atoms with Gasteiger partial charge in [0, 0.05) is 44.9 Å². The lowest BCUT2D eigenvalue weighted by Crippen LogP contribution is -2.50. The van der Waals surface area contributed by atoms with Gasteiger partial charge >= 0.3 is 0 Å². The molecule has 1 amide bonds. The van der Waals surface area contributed by atoms with Crippen molar-refractivity contribution in [3.63, 3.8) is 0 Å². The standard InChI is InChI=1S/C23H27FN6O3/c1-16-10-17(4-5-19(16)24)20-11-18(14-32-2)30(27-20)13-23(31)29-8-6-28(7-9-29)21-12-22(33-3)26-15-25-21/h4-5,10-12,15H,6-9,13-14H2,1-3H3. The van der Waals surface area contributed by atoms with Crippen LogP contribution < -0.4 is 9.64 Å². The molecular formula is C23H27FN6O3. The Morgan fingerprint density at radius 3 is 2.58 bits per heavy atom. The maximum absolute atomic E-state index is 13.7. The molecule has 1 saturated heterocycles. The number of anilines is 1. The molecule has 0 bridgehead atoms. The fraction of sp³-hybridized carbons (Fsp3) is 0.391. The zero-order valence-electron chi connectivity index (χ0n) is 19.0. The lowest BCUT2D eigenvalue weighted by molar-refractivity contribution is -0.132. The van der Waals surface area contributed by atoms with Crippen molar-refractivity contribution in [1.82, 2.24) is 24.6 Å². The quantitative estimate of drug-likeness (QED) is 0.542. The van der Waals surface area contributed by atoms with Crippen molar-refractivity contribution in [1.29, 1.82) is 0 Å². The van der Waals surface area contributed by atoms with Gasteiger partial charge in [-0.2, -0.15) is 5.10 Å². The molecule has 10 heteroatoms. The number of carbonyl (C=O) groups is 1. The van der Waals surface area contributed by atoms with Crippen LogP contribution in [0.5, 0.6) is 5.88 Å². The number of hydrogen-bond acceptors (Lipinski definition) is 7. The summed E-state index contributed by atoms with van der Waals surface area (Å²) >= 11 is 0. The number of aryl methyl sites for hydroxylation is 1. The molecule has 3 heterocycles. The van der Waals surface area contributed by atoms with Crippen LogP contribution in [0, 0.1) is 12.7 Å². The van der Waals surface area contributed by atoms with E-state index in [0.29, 0.717) is 49.9 Å². The number of hydrogen-bond donors (Lipinski definition) is 0. The molecule has 1 aliphatic heterocycles. The highest BCUT2D eigenvalue weighted by Crippen LogP contribution is 2.23. The second-order valence-corrected chi connectivity index (χ2v) is 7.86. The Kier molecular flexibility index (Phi) is 6.83. The van der Waals surface area contributed by atoms with Crippen molar-refractivity contribution in [3.8, 4) is 17.1 Å². The monoisotopic (exact) mass is 454 g/mol. The molecular weight excluding hydrogens is 427 g/mol. The number of carbonyl (C=O) groups excluding carboxylic acids is 1. The summed E-state index contributed by atoms with van der Waals surface area (Å²) < 4.78 is 25.8. The molecule has 0 unspecified atom stereocenters. The first-order valence-electron chi connectivity index (χ1n) is 10.7. The van der Waals surface area contributed by atoms with E-state index >= 15 is 0 Å². The number of ether oxygens (including phenoxy) is 2. The highest BCUT2D eigenvalue weighted by molar-refractivity contribution is 5.76. The van der Waals surface area contributed by atoms with Crippen molar-refractivity contribution in [3.05, 3.63) is 53.7 Å². The molecule has 9 nitrogen and oxygen atoms in total. The van der Waals surface area contributed by atoms with Gasteiger partial charge in [0.15, 0.2) is 0 Å². The van der Waals surface area contributed by atoms with Crippen LogP contribution in [-0.2, 0) is 22.7 Å². The molecule has 3 aromatic rings. The Hall–Kier alpha value is -3.53. The lowest BCUT2D eigenvalue weighted by atomic mass is 10.1. The van der Waals surface area contributed by atoms with Crippen LogP contribution in [-0.4, -0.2) is 71.0 Å². The van der Waals surface area contributed by atoms with E-state index in [0.717, 1.165) is 17.1 Å². The van der Waals surface area contributed by atoms with Crippen LogP contribution in [0.2, 0.25) is 0 Å². The summed E-state index contributed by atoms with van der Waals surface area (Å²) in [6.45, 7) is 4.63. The minimum Gasteiger partial charge on any atom is -0.481 e. The summed E-state index contributed by atoms with van der Waals surface area (Å²) in [5, 5.41) is 4.61. The molecule has 0 radical (unpaired) electrons. The third kappa shape index (κ3) is 5.11. The van der Waals surface area contributed by atoms with Gasteiger partial charge in [0.05, 0.1) is 25.1 Å². The van der Waals surface area contributed by atoms with E-state index in [9.17, 15) is 9.18 Å². The maximum Gasteiger partial charge on any atom is 0.244 e. The minimum absolute atomic E-state index is 0.0165. The number of halogens is 1. The molecule has 0 aliphatic carbocycles. The highest BCUT2D eigenvalue weighted by Gasteiger charge is 2.23. The Morgan fingerprint density at radius 1 is 1.09 bits per heavy atom. The minimum atomic E-state index is -0.259. The van der Waals surface area contributed by atoms with Crippen LogP contribution in [0.15, 0.2) is 36.7 Å². The van der Waals surface area contributed by atoms with E-state index in [-0.39, 0.29) is 18.3 Å². The second-order valence-electron chi connectivity index (χ2n) is 7.86. The SMILES string of the molecule is COCc1cc(-c2ccc(F)c(C)c2)nn1CC(=O)N1CCN(c2cc(OC)ncn2)CC1. The van der Waals surface area contributed by atoms with Crippen molar-refractivity contribution >= 4 is 11.7 Å². The van der Waals surface area contributed by atoms with Crippen LogP contribution in [0.25, 0.3) is 11.3 Å². The molecule has 4 rings (SSSR count). The van der Waals surface area contributed by atoms with E-state index in [2.05, 4.69) is 20.0 Å². The molecule has 2 aromatic heterocycles. The largest absolute Gasteiger partial charge is 0.481 e.